The fraction of sp³-hybridized carbons (Fsp3) is 0.182. The van der Waals surface area contributed by atoms with Crippen LogP contribution in [0, 0.1) is 6.92 Å². The van der Waals surface area contributed by atoms with Crippen LogP contribution in [0.15, 0.2) is 66.9 Å². The molecule has 3 rings (SSSR count). The van der Waals surface area contributed by atoms with Crippen molar-refractivity contribution < 1.29 is 4.79 Å². The number of benzene rings is 2. The van der Waals surface area contributed by atoms with Crippen molar-refractivity contribution in [1.82, 2.24) is 4.98 Å². The third-order valence-electron chi connectivity index (χ3n) is 4.17. The fourth-order valence-corrected chi connectivity index (χ4v) is 2.70. The molecule has 132 valence electrons. The molecule has 0 aliphatic rings. The highest BCUT2D eigenvalue weighted by Gasteiger charge is 2.13. The van der Waals surface area contributed by atoms with Gasteiger partial charge >= 0.3 is 0 Å². The molecule has 1 aromatic heterocycles. The van der Waals surface area contributed by atoms with Crippen LogP contribution in [-0.2, 0) is 0 Å². The molecule has 0 aliphatic carbocycles. The van der Waals surface area contributed by atoms with Gasteiger partial charge in [-0.15, -0.1) is 0 Å². The number of nitrogens with zero attached hydrogens (tertiary/aromatic N) is 1. The lowest BCUT2D eigenvalue weighted by Gasteiger charge is -2.12. The molecule has 0 radical (unpaired) electrons. The van der Waals surface area contributed by atoms with Crippen LogP contribution in [0.5, 0.6) is 0 Å². The minimum Gasteiger partial charge on any atom is -0.340 e. The Kier molecular flexibility index (Phi) is 5.32. The van der Waals surface area contributed by atoms with Gasteiger partial charge in [-0.3, -0.25) is 4.79 Å². The summed E-state index contributed by atoms with van der Waals surface area (Å²) >= 11 is 0. The Labute approximate surface area is 154 Å². The van der Waals surface area contributed by atoms with Crippen LogP contribution >= 0.6 is 0 Å². The normalized spacial score (nSPS) is 10.6. The molecule has 2 aromatic carbocycles. The maximum absolute atomic E-state index is 12.7. The topological polar surface area (TPSA) is 54.0 Å². The Morgan fingerprint density at radius 3 is 2.42 bits per heavy atom. The first-order valence-corrected chi connectivity index (χ1v) is 8.73. The van der Waals surface area contributed by atoms with Crippen LogP contribution < -0.4 is 10.6 Å². The summed E-state index contributed by atoms with van der Waals surface area (Å²) in [7, 11) is 0. The molecule has 0 fully saturated rings. The first kappa shape index (κ1) is 17.7. The summed E-state index contributed by atoms with van der Waals surface area (Å²) in [4.78, 5) is 17.0. The molecule has 0 bridgehead atoms. The van der Waals surface area contributed by atoms with E-state index in [9.17, 15) is 4.79 Å². The number of pyridine rings is 1. The second-order valence-electron chi connectivity index (χ2n) is 6.62. The lowest BCUT2D eigenvalue weighted by molar-refractivity contribution is 0.102. The zero-order valence-corrected chi connectivity index (χ0v) is 15.3. The summed E-state index contributed by atoms with van der Waals surface area (Å²) in [5.41, 5.74) is 4.54. The van der Waals surface area contributed by atoms with Crippen molar-refractivity contribution in [2.24, 2.45) is 0 Å². The quantitative estimate of drug-likeness (QED) is 0.641. The highest BCUT2D eigenvalue weighted by molar-refractivity contribution is 6.07. The molecule has 0 unspecified atom stereocenters. The average molecular weight is 345 g/mol. The van der Waals surface area contributed by atoms with Crippen LogP contribution in [0.1, 0.15) is 41.3 Å². The fourth-order valence-electron chi connectivity index (χ4n) is 2.70. The molecular weight excluding hydrogens is 322 g/mol. The van der Waals surface area contributed by atoms with Gasteiger partial charge in [-0.05, 0) is 60.4 Å². The number of carbonyl (C=O) groups excluding carboxylic acids is 1. The molecule has 3 aromatic rings. The predicted molar refractivity (Wildman–Crippen MR) is 107 cm³/mol. The Morgan fingerprint density at radius 1 is 0.962 bits per heavy atom. The van der Waals surface area contributed by atoms with Crippen molar-refractivity contribution in [2.75, 3.05) is 10.6 Å². The number of carbonyl (C=O) groups is 1. The average Bonchev–Trinajstić information content (AvgIpc) is 2.62. The maximum Gasteiger partial charge on any atom is 0.259 e. The van der Waals surface area contributed by atoms with E-state index in [0.717, 1.165) is 16.9 Å². The van der Waals surface area contributed by atoms with E-state index in [1.54, 1.807) is 18.3 Å². The zero-order chi connectivity index (χ0) is 18.5. The molecule has 1 heterocycles. The summed E-state index contributed by atoms with van der Waals surface area (Å²) in [6.45, 7) is 6.32. The highest BCUT2D eigenvalue weighted by Crippen LogP contribution is 2.22. The number of hydrogen-bond acceptors (Lipinski definition) is 3. The molecule has 0 atom stereocenters. The molecular formula is C22H23N3O. The lowest BCUT2D eigenvalue weighted by atomic mass is 10.0. The van der Waals surface area contributed by atoms with Gasteiger partial charge in [-0.2, -0.15) is 0 Å². The van der Waals surface area contributed by atoms with Gasteiger partial charge in [0.15, 0.2) is 0 Å². The van der Waals surface area contributed by atoms with Crippen LogP contribution in [0.25, 0.3) is 0 Å². The molecule has 0 saturated carbocycles. The molecule has 4 heteroatoms. The SMILES string of the molecule is Cc1cccc(NC(=O)c2cccnc2Nc2ccc(C(C)C)cc2)c1. The molecule has 0 saturated heterocycles. The second-order valence-corrected chi connectivity index (χ2v) is 6.62. The molecule has 0 aliphatic heterocycles. The third-order valence-corrected chi connectivity index (χ3v) is 4.17. The number of nitrogens with one attached hydrogen (secondary N) is 2. The van der Waals surface area contributed by atoms with E-state index in [0.29, 0.717) is 17.3 Å². The van der Waals surface area contributed by atoms with E-state index in [-0.39, 0.29) is 5.91 Å². The van der Waals surface area contributed by atoms with Gasteiger partial charge in [0.1, 0.15) is 5.82 Å². The van der Waals surface area contributed by atoms with Crippen LogP contribution in [-0.4, -0.2) is 10.9 Å². The summed E-state index contributed by atoms with van der Waals surface area (Å²) < 4.78 is 0. The molecule has 4 nitrogen and oxygen atoms in total. The van der Waals surface area contributed by atoms with Crippen LogP contribution in [0.4, 0.5) is 17.2 Å². The number of amides is 1. The number of rotatable bonds is 5. The van der Waals surface area contributed by atoms with E-state index in [2.05, 4.69) is 41.6 Å². The maximum atomic E-state index is 12.7. The summed E-state index contributed by atoms with van der Waals surface area (Å²) in [5, 5.41) is 6.18. The Balaban J connectivity index is 1.80. The number of aryl methyl sites for hydroxylation is 1. The van der Waals surface area contributed by atoms with Crippen molar-refractivity contribution in [2.45, 2.75) is 26.7 Å². The first-order chi connectivity index (χ1) is 12.5. The second kappa shape index (κ2) is 7.83. The van der Waals surface area contributed by atoms with E-state index in [1.807, 2.05) is 43.3 Å². The van der Waals surface area contributed by atoms with Crippen molar-refractivity contribution >= 4 is 23.1 Å². The monoisotopic (exact) mass is 345 g/mol. The number of hydrogen-bond donors (Lipinski definition) is 2. The summed E-state index contributed by atoms with van der Waals surface area (Å²) in [5.74, 6) is 0.828. The van der Waals surface area contributed by atoms with E-state index >= 15 is 0 Å². The Bertz CT molecular complexity index is 901. The molecule has 1 amide bonds. The summed E-state index contributed by atoms with van der Waals surface area (Å²) in [6, 6.07) is 19.4. The molecule has 0 spiro atoms. The highest BCUT2D eigenvalue weighted by atomic mass is 16.1. The van der Waals surface area contributed by atoms with Crippen molar-refractivity contribution in [1.29, 1.82) is 0 Å². The predicted octanol–water partition coefficient (Wildman–Crippen LogP) is 5.51. The Hall–Kier alpha value is -3.14. The van der Waals surface area contributed by atoms with Crippen LogP contribution in [0.3, 0.4) is 0 Å². The van der Waals surface area contributed by atoms with Gasteiger partial charge in [0.25, 0.3) is 5.91 Å². The van der Waals surface area contributed by atoms with Gasteiger partial charge < -0.3 is 10.6 Å². The van der Waals surface area contributed by atoms with Gasteiger partial charge in [0.2, 0.25) is 0 Å². The number of aromatic nitrogens is 1. The van der Waals surface area contributed by atoms with E-state index in [4.69, 9.17) is 0 Å². The van der Waals surface area contributed by atoms with Crippen LogP contribution in [0.2, 0.25) is 0 Å². The standard InChI is InChI=1S/C22H23N3O/c1-15(2)17-9-11-18(12-10-17)24-21-20(8-5-13-23-21)22(26)25-19-7-4-6-16(3)14-19/h4-15H,1-3H3,(H,23,24)(H,25,26). The molecule has 26 heavy (non-hydrogen) atoms. The van der Waals surface area contributed by atoms with Gasteiger partial charge in [-0.1, -0.05) is 38.1 Å². The van der Waals surface area contributed by atoms with Gasteiger partial charge in [0, 0.05) is 17.6 Å². The van der Waals surface area contributed by atoms with Crippen molar-refractivity contribution in [3.8, 4) is 0 Å². The van der Waals surface area contributed by atoms with Gasteiger partial charge in [-0.25, -0.2) is 4.98 Å². The van der Waals surface area contributed by atoms with E-state index in [1.165, 1.54) is 5.56 Å². The van der Waals surface area contributed by atoms with Gasteiger partial charge in [0.05, 0.1) is 5.56 Å². The smallest absolute Gasteiger partial charge is 0.259 e. The Morgan fingerprint density at radius 2 is 1.73 bits per heavy atom. The first-order valence-electron chi connectivity index (χ1n) is 8.73. The largest absolute Gasteiger partial charge is 0.340 e. The van der Waals surface area contributed by atoms with Crippen molar-refractivity contribution in [3.63, 3.8) is 0 Å². The van der Waals surface area contributed by atoms with E-state index < -0.39 is 0 Å². The third kappa shape index (κ3) is 4.28. The zero-order valence-electron chi connectivity index (χ0n) is 15.3. The minimum atomic E-state index is -0.190. The minimum absolute atomic E-state index is 0.190. The summed E-state index contributed by atoms with van der Waals surface area (Å²) in [6.07, 6.45) is 1.67. The molecule has 2 N–H and O–H groups in total. The van der Waals surface area contributed by atoms with Crippen molar-refractivity contribution in [3.05, 3.63) is 83.6 Å². The number of anilines is 3. The lowest BCUT2D eigenvalue weighted by Crippen LogP contribution is -2.14.